The quantitative estimate of drug-likeness (QED) is 0.383. The molecule has 1 N–H and O–H groups in total. The summed E-state index contributed by atoms with van der Waals surface area (Å²) in [5.41, 5.74) is 5.08. The van der Waals surface area contributed by atoms with Crippen LogP contribution in [0.15, 0.2) is 108 Å². The second-order valence-electron chi connectivity index (χ2n) is 8.15. The zero-order chi connectivity index (χ0) is 23.1. The summed E-state index contributed by atoms with van der Waals surface area (Å²) in [6.07, 6.45) is 1.80. The highest BCUT2D eigenvalue weighted by Crippen LogP contribution is 2.21. The number of nitrogens with zero attached hydrogens (tertiary/aromatic N) is 3. The molecule has 164 valence electrons. The minimum absolute atomic E-state index is 0.0227. The smallest absolute Gasteiger partial charge is 0.244 e. The summed E-state index contributed by atoms with van der Waals surface area (Å²) in [5, 5.41) is 4.19. The molecule has 0 aliphatic carbocycles. The van der Waals surface area contributed by atoms with E-state index >= 15 is 0 Å². The van der Waals surface area contributed by atoms with E-state index in [9.17, 15) is 9.59 Å². The van der Waals surface area contributed by atoms with Crippen LogP contribution in [0, 0.1) is 0 Å². The average molecular weight is 444 g/mol. The van der Waals surface area contributed by atoms with Gasteiger partial charge in [-0.25, -0.2) is 4.98 Å². The van der Waals surface area contributed by atoms with E-state index in [4.69, 9.17) is 0 Å². The fraction of sp³-hybridized carbons (Fsp3) is 0.0357. The fourth-order valence-electron chi connectivity index (χ4n) is 4.46. The molecule has 1 amide bonds. The number of anilines is 1. The first kappa shape index (κ1) is 19.9. The van der Waals surface area contributed by atoms with Crippen molar-refractivity contribution in [3.63, 3.8) is 0 Å². The minimum Gasteiger partial charge on any atom is -0.331 e. The zero-order valence-corrected chi connectivity index (χ0v) is 18.2. The molecule has 2 heterocycles. The van der Waals surface area contributed by atoms with Gasteiger partial charge in [0.25, 0.3) is 0 Å². The number of pyridine rings is 1. The van der Waals surface area contributed by atoms with E-state index in [-0.39, 0.29) is 17.9 Å². The molecular formula is C28H20N4O2. The lowest BCUT2D eigenvalue weighted by Crippen LogP contribution is -2.21. The van der Waals surface area contributed by atoms with Crippen molar-refractivity contribution >= 4 is 44.4 Å². The van der Waals surface area contributed by atoms with Crippen LogP contribution < -0.4 is 10.7 Å². The van der Waals surface area contributed by atoms with Gasteiger partial charge in [-0.3, -0.25) is 14.2 Å². The summed E-state index contributed by atoms with van der Waals surface area (Å²) in [6.45, 7) is 0.0925. The molecule has 6 aromatic rings. The van der Waals surface area contributed by atoms with E-state index in [1.807, 2.05) is 94.1 Å². The number of imidazole rings is 1. The molecule has 0 saturated heterocycles. The van der Waals surface area contributed by atoms with Crippen LogP contribution in [0.3, 0.4) is 0 Å². The Morgan fingerprint density at radius 3 is 2.00 bits per heavy atom. The number of benzene rings is 4. The highest BCUT2D eigenvalue weighted by atomic mass is 16.2. The Kier molecular flexibility index (Phi) is 4.70. The van der Waals surface area contributed by atoms with Crippen LogP contribution in [0.2, 0.25) is 0 Å². The predicted molar refractivity (Wildman–Crippen MR) is 135 cm³/mol. The predicted octanol–water partition coefficient (Wildman–Crippen LogP) is 5.13. The lowest BCUT2D eigenvalue weighted by molar-refractivity contribution is -0.116. The van der Waals surface area contributed by atoms with E-state index in [2.05, 4.69) is 10.3 Å². The standard InChI is InChI=1S/C28H20N4O2/c33-27(17-31-24-10-4-1-7-21(24)28(34)22-8-2-5-11-25(22)31)30-19-13-15-20(16-14-19)32-18-29-23-9-3-6-12-26(23)32/h1-16,18H,17H2,(H,30,33). The molecule has 0 aliphatic heterocycles. The van der Waals surface area contributed by atoms with Crippen molar-refractivity contribution < 1.29 is 4.79 Å². The Balaban J connectivity index is 1.30. The summed E-state index contributed by atoms with van der Waals surface area (Å²) in [4.78, 5) is 30.4. The van der Waals surface area contributed by atoms with E-state index in [0.717, 1.165) is 27.8 Å². The number of carbonyl (C=O) groups excluding carboxylic acids is 1. The molecule has 0 fully saturated rings. The summed E-state index contributed by atoms with van der Waals surface area (Å²) < 4.78 is 3.91. The number of hydrogen-bond acceptors (Lipinski definition) is 3. The molecule has 0 aliphatic rings. The molecule has 0 atom stereocenters. The Morgan fingerprint density at radius 2 is 1.32 bits per heavy atom. The summed E-state index contributed by atoms with van der Waals surface area (Å²) in [6, 6.07) is 30.4. The monoisotopic (exact) mass is 444 g/mol. The Hall–Kier alpha value is -4.71. The first-order valence-electron chi connectivity index (χ1n) is 11.0. The third-order valence-electron chi connectivity index (χ3n) is 6.06. The van der Waals surface area contributed by atoms with Crippen molar-refractivity contribution in [2.45, 2.75) is 6.54 Å². The van der Waals surface area contributed by atoms with Crippen LogP contribution in [0.4, 0.5) is 5.69 Å². The molecule has 0 bridgehead atoms. The lowest BCUT2D eigenvalue weighted by Gasteiger charge is -2.15. The van der Waals surface area contributed by atoms with Gasteiger partial charge in [-0.05, 0) is 60.7 Å². The van der Waals surface area contributed by atoms with Gasteiger partial charge in [0.2, 0.25) is 5.91 Å². The maximum Gasteiger partial charge on any atom is 0.244 e. The highest BCUT2D eigenvalue weighted by molar-refractivity contribution is 5.97. The van der Waals surface area contributed by atoms with Crippen LogP contribution in [0.1, 0.15) is 0 Å². The second kappa shape index (κ2) is 8.01. The van der Waals surface area contributed by atoms with Crippen LogP contribution in [-0.4, -0.2) is 20.0 Å². The van der Waals surface area contributed by atoms with Crippen molar-refractivity contribution in [3.05, 3.63) is 114 Å². The molecule has 34 heavy (non-hydrogen) atoms. The number of fused-ring (bicyclic) bond motifs is 3. The van der Waals surface area contributed by atoms with Crippen LogP contribution in [0.25, 0.3) is 38.5 Å². The molecule has 6 heteroatoms. The molecule has 0 radical (unpaired) electrons. The Bertz CT molecular complexity index is 1690. The van der Waals surface area contributed by atoms with Crippen molar-refractivity contribution in [1.82, 2.24) is 14.1 Å². The van der Waals surface area contributed by atoms with E-state index in [0.29, 0.717) is 16.5 Å². The molecule has 6 rings (SSSR count). The maximum absolute atomic E-state index is 13.0. The number of aromatic nitrogens is 3. The van der Waals surface area contributed by atoms with Crippen molar-refractivity contribution in [2.75, 3.05) is 5.32 Å². The van der Waals surface area contributed by atoms with Crippen LogP contribution >= 0.6 is 0 Å². The molecule has 0 saturated carbocycles. The number of carbonyl (C=O) groups is 1. The van der Waals surface area contributed by atoms with Gasteiger partial charge in [0, 0.05) is 22.1 Å². The van der Waals surface area contributed by atoms with Gasteiger partial charge in [0.1, 0.15) is 12.9 Å². The van der Waals surface area contributed by atoms with Gasteiger partial charge < -0.3 is 9.88 Å². The number of amides is 1. The Morgan fingerprint density at radius 1 is 0.735 bits per heavy atom. The second-order valence-corrected chi connectivity index (χ2v) is 8.15. The van der Waals surface area contributed by atoms with E-state index < -0.39 is 0 Å². The average Bonchev–Trinajstić information content (AvgIpc) is 3.31. The van der Waals surface area contributed by atoms with Gasteiger partial charge in [-0.15, -0.1) is 0 Å². The number of nitrogens with one attached hydrogen (secondary N) is 1. The lowest BCUT2D eigenvalue weighted by atomic mass is 10.1. The molecule has 4 aromatic carbocycles. The van der Waals surface area contributed by atoms with Gasteiger partial charge in [0.05, 0.1) is 22.1 Å². The third-order valence-corrected chi connectivity index (χ3v) is 6.06. The zero-order valence-electron chi connectivity index (χ0n) is 18.2. The highest BCUT2D eigenvalue weighted by Gasteiger charge is 2.13. The summed E-state index contributed by atoms with van der Waals surface area (Å²) >= 11 is 0. The van der Waals surface area contributed by atoms with Crippen molar-refractivity contribution in [3.8, 4) is 5.69 Å². The number of rotatable bonds is 4. The molecule has 0 unspecified atom stereocenters. The normalized spacial score (nSPS) is 11.3. The third kappa shape index (κ3) is 3.33. The van der Waals surface area contributed by atoms with Crippen LogP contribution in [-0.2, 0) is 11.3 Å². The molecule has 6 nitrogen and oxygen atoms in total. The summed E-state index contributed by atoms with van der Waals surface area (Å²) in [5.74, 6) is -0.167. The van der Waals surface area contributed by atoms with Crippen LogP contribution in [0.5, 0.6) is 0 Å². The SMILES string of the molecule is O=C(Cn1c2ccccc2c(=O)c2ccccc21)Nc1ccc(-n2cnc3ccccc32)cc1. The van der Waals surface area contributed by atoms with Gasteiger partial charge in [0.15, 0.2) is 5.43 Å². The van der Waals surface area contributed by atoms with Crippen molar-refractivity contribution in [1.29, 1.82) is 0 Å². The Labute approximate surface area is 194 Å². The fourth-order valence-corrected chi connectivity index (χ4v) is 4.46. The first-order chi connectivity index (χ1) is 16.7. The van der Waals surface area contributed by atoms with Gasteiger partial charge in [-0.2, -0.15) is 0 Å². The van der Waals surface area contributed by atoms with Crippen molar-refractivity contribution in [2.24, 2.45) is 0 Å². The first-order valence-corrected chi connectivity index (χ1v) is 11.0. The largest absolute Gasteiger partial charge is 0.331 e. The number of para-hydroxylation sites is 4. The van der Waals surface area contributed by atoms with E-state index in [1.54, 1.807) is 18.5 Å². The maximum atomic E-state index is 13.0. The van der Waals surface area contributed by atoms with Gasteiger partial charge in [-0.1, -0.05) is 36.4 Å². The van der Waals surface area contributed by atoms with Gasteiger partial charge >= 0.3 is 0 Å². The molecule has 0 spiro atoms. The number of hydrogen-bond donors (Lipinski definition) is 1. The minimum atomic E-state index is -0.167. The topological polar surface area (TPSA) is 68.9 Å². The molecule has 2 aromatic heterocycles. The molecular weight excluding hydrogens is 424 g/mol. The summed E-state index contributed by atoms with van der Waals surface area (Å²) in [7, 11) is 0. The van der Waals surface area contributed by atoms with E-state index in [1.165, 1.54) is 0 Å².